The lowest BCUT2D eigenvalue weighted by Crippen LogP contribution is -2.32. The maximum Gasteiger partial charge on any atom is 0.308 e. The quantitative estimate of drug-likeness (QED) is 0.677. The van der Waals surface area contributed by atoms with Crippen LogP contribution < -0.4 is 5.73 Å². The number of carbonyl (C=O) groups is 1. The number of amides is 1. The first kappa shape index (κ1) is 10.7. The van der Waals surface area contributed by atoms with Crippen LogP contribution in [0.4, 0.5) is 0 Å². The van der Waals surface area contributed by atoms with E-state index in [9.17, 15) is 13.2 Å². The molecular weight excluding hydrogens is 208 g/mol. The van der Waals surface area contributed by atoms with Crippen molar-refractivity contribution in [3.05, 3.63) is 18.2 Å². The van der Waals surface area contributed by atoms with Gasteiger partial charge in [0.25, 0.3) is 5.91 Å². The Labute approximate surface area is 81.3 Å². The maximum atomic E-state index is 11.6. The maximum absolute atomic E-state index is 11.6. The molecule has 1 aromatic heterocycles. The van der Waals surface area contributed by atoms with E-state index in [0.717, 1.165) is 14.5 Å². The van der Waals surface area contributed by atoms with Crippen molar-refractivity contribution in [2.45, 2.75) is 0 Å². The van der Waals surface area contributed by atoms with Crippen LogP contribution in [-0.2, 0) is 10.2 Å². The van der Waals surface area contributed by atoms with Gasteiger partial charge in [0.15, 0.2) is 0 Å². The van der Waals surface area contributed by atoms with Gasteiger partial charge in [-0.15, -0.1) is 0 Å². The highest BCUT2D eigenvalue weighted by molar-refractivity contribution is 7.87. The monoisotopic (exact) mass is 218 g/mol. The molecule has 0 saturated carbocycles. The third kappa shape index (κ3) is 1.61. The zero-order valence-electron chi connectivity index (χ0n) is 7.71. The van der Waals surface area contributed by atoms with Crippen LogP contribution in [0.3, 0.4) is 0 Å². The van der Waals surface area contributed by atoms with Crippen molar-refractivity contribution in [3.63, 3.8) is 0 Å². The Morgan fingerprint density at radius 1 is 1.57 bits per heavy atom. The molecule has 1 aromatic rings. The molecule has 7 nitrogen and oxygen atoms in total. The number of carbonyl (C=O) groups excluding carboxylic acids is 1. The van der Waals surface area contributed by atoms with E-state index >= 15 is 0 Å². The van der Waals surface area contributed by atoms with Crippen LogP contribution in [0.1, 0.15) is 10.6 Å². The van der Waals surface area contributed by atoms with E-state index in [0.29, 0.717) is 0 Å². The van der Waals surface area contributed by atoms with E-state index in [1.807, 2.05) is 0 Å². The second-order valence-corrected chi connectivity index (χ2v) is 4.72. The largest absolute Gasteiger partial charge is 0.363 e. The zero-order chi connectivity index (χ0) is 10.9. The van der Waals surface area contributed by atoms with Crippen LogP contribution in [0.15, 0.2) is 12.4 Å². The van der Waals surface area contributed by atoms with Crippen LogP contribution in [0.5, 0.6) is 0 Å². The average Bonchev–Trinajstić information content (AvgIpc) is 2.51. The average molecular weight is 218 g/mol. The molecule has 0 aliphatic heterocycles. The molecule has 1 rings (SSSR count). The minimum Gasteiger partial charge on any atom is -0.363 e. The summed E-state index contributed by atoms with van der Waals surface area (Å²) in [6, 6.07) is 0. The lowest BCUT2D eigenvalue weighted by molar-refractivity contribution is 0.0989. The molecule has 0 aliphatic carbocycles. The zero-order valence-corrected chi connectivity index (χ0v) is 8.52. The number of nitrogens with two attached hydrogens (primary N) is 1. The topological polar surface area (TPSA) is 98.3 Å². The predicted octanol–water partition coefficient (Wildman–Crippen LogP) is -1.36. The lowest BCUT2D eigenvalue weighted by Gasteiger charge is -2.12. The van der Waals surface area contributed by atoms with Crippen molar-refractivity contribution in [2.75, 3.05) is 14.1 Å². The van der Waals surface area contributed by atoms with Crippen molar-refractivity contribution >= 4 is 16.1 Å². The van der Waals surface area contributed by atoms with Crippen molar-refractivity contribution in [1.82, 2.24) is 13.3 Å². The van der Waals surface area contributed by atoms with Gasteiger partial charge in [0.05, 0.1) is 0 Å². The van der Waals surface area contributed by atoms with Gasteiger partial charge >= 0.3 is 10.2 Å². The van der Waals surface area contributed by atoms with Gasteiger partial charge in [-0.1, -0.05) is 0 Å². The lowest BCUT2D eigenvalue weighted by atomic mass is 10.6. The van der Waals surface area contributed by atoms with Crippen molar-refractivity contribution in [2.24, 2.45) is 5.73 Å². The summed E-state index contributed by atoms with van der Waals surface area (Å²) < 4.78 is 24.8. The number of rotatable bonds is 3. The number of imidazole rings is 1. The third-order valence-electron chi connectivity index (χ3n) is 1.54. The summed E-state index contributed by atoms with van der Waals surface area (Å²) in [5.74, 6) is -1.20. The van der Waals surface area contributed by atoms with Crippen molar-refractivity contribution in [3.8, 4) is 0 Å². The molecule has 78 valence electrons. The van der Waals surface area contributed by atoms with E-state index < -0.39 is 16.1 Å². The number of hydrogen-bond acceptors (Lipinski definition) is 4. The standard InChI is InChI=1S/C6H10N4O3S/c1-9(2)14(12,13)10-4-3-8-6(10)5(7)11/h3-4H,1-2H3,(H2,7,11). The first-order valence-electron chi connectivity index (χ1n) is 3.63. The summed E-state index contributed by atoms with van der Waals surface area (Å²) in [7, 11) is -1.03. The summed E-state index contributed by atoms with van der Waals surface area (Å²) in [6.45, 7) is 0. The van der Waals surface area contributed by atoms with Gasteiger partial charge in [-0.25, -0.2) is 8.96 Å². The van der Waals surface area contributed by atoms with E-state index in [4.69, 9.17) is 5.73 Å². The Bertz CT molecular complexity index is 447. The first-order valence-corrected chi connectivity index (χ1v) is 5.03. The van der Waals surface area contributed by atoms with Crippen LogP contribution in [0.25, 0.3) is 0 Å². The predicted molar refractivity (Wildman–Crippen MR) is 48.7 cm³/mol. The first-order chi connectivity index (χ1) is 6.37. The van der Waals surface area contributed by atoms with E-state index in [2.05, 4.69) is 4.98 Å². The Morgan fingerprint density at radius 3 is 2.57 bits per heavy atom. The van der Waals surface area contributed by atoms with Gasteiger partial charge in [0.1, 0.15) is 0 Å². The normalized spacial score (nSPS) is 11.9. The van der Waals surface area contributed by atoms with Crippen LogP contribution in [0.2, 0.25) is 0 Å². The highest BCUT2D eigenvalue weighted by Crippen LogP contribution is 2.04. The molecule has 0 bridgehead atoms. The molecule has 8 heteroatoms. The fourth-order valence-corrected chi connectivity index (χ4v) is 1.74. The van der Waals surface area contributed by atoms with Crippen LogP contribution in [-0.4, -0.2) is 41.7 Å². The van der Waals surface area contributed by atoms with Gasteiger partial charge in [0, 0.05) is 26.5 Å². The summed E-state index contributed by atoms with van der Waals surface area (Å²) >= 11 is 0. The molecule has 0 atom stereocenters. The molecule has 2 N–H and O–H groups in total. The molecule has 1 amide bonds. The smallest absolute Gasteiger partial charge is 0.308 e. The molecule has 1 heterocycles. The highest BCUT2D eigenvalue weighted by atomic mass is 32.2. The minimum absolute atomic E-state index is 0.307. The summed E-state index contributed by atoms with van der Waals surface area (Å²) in [5, 5.41) is 0. The molecule has 0 unspecified atom stereocenters. The fraction of sp³-hybridized carbons (Fsp3) is 0.333. The number of aromatic nitrogens is 2. The molecule has 0 saturated heterocycles. The van der Waals surface area contributed by atoms with Gasteiger partial charge in [-0.3, -0.25) is 4.79 Å². The molecule has 0 radical (unpaired) electrons. The molecule has 0 fully saturated rings. The van der Waals surface area contributed by atoms with Gasteiger partial charge < -0.3 is 5.73 Å². The third-order valence-corrected chi connectivity index (χ3v) is 3.25. The number of hydrogen-bond donors (Lipinski definition) is 1. The number of primary amides is 1. The summed E-state index contributed by atoms with van der Waals surface area (Å²) in [4.78, 5) is 14.4. The van der Waals surface area contributed by atoms with Crippen LogP contribution >= 0.6 is 0 Å². The second kappa shape index (κ2) is 3.39. The molecule has 0 aromatic carbocycles. The molecule has 14 heavy (non-hydrogen) atoms. The van der Waals surface area contributed by atoms with Crippen molar-refractivity contribution < 1.29 is 13.2 Å². The molecular formula is C6H10N4O3S. The second-order valence-electron chi connectivity index (χ2n) is 2.70. The molecule has 0 aliphatic rings. The Kier molecular flexibility index (Phi) is 2.58. The van der Waals surface area contributed by atoms with Gasteiger partial charge in [-0.2, -0.15) is 12.7 Å². The SMILES string of the molecule is CN(C)S(=O)(=O)n1ccnc1C(N)=O. The Morgan fingerprint density at radius 2 is 2.14 bits per heavy atom. The van der Waals surface area contributed by atoms with E-state index in [1.165, 1.54) is 20.3 Å². The summed E-state index contributed by atoms with van der Waals surface area (Å²) in [6.07, 6.45) is 2.36. The summed E-state index contributed by atoms with van der Waals surface area (Å²) in [5.41, 5.74) is 4.95. The van der Waals surface area contributed by atoms with E-state index in [1.54, 1.807) is 0 Å². The van der Waals surface area contributed by atoms with Crippen LogP contribution in [0, 0.1) is 0 Å². The van der Waals surface area contributed by atoms with Gasteiger partial charge in [-0.05, 0) is 0 Å². The highest BCUT2D eigenvalue weighted by Gasteiger charge is 2.22. The fourth-order valence-electron chi connectivity index (χ4n) is 0.826. The Hall–Kier alpha value is -1.41. The van der Waals surface area contributed by atoms with Crippen molar-refractivity contribution in [1.29, 1.82) is 0 Å². The Balaban J connectivity index is 3.34. The number of nitrogens with zero attached hydrogens (tertiary/aromatic N) is 3. The van der Waals surface area contributed by atoms with E-state index in [-0.39, 0.29) is 5.82 Å². The minimum atomic E-state index is -3.72. The molecule has 0 spiro atoms. The van der Waals surface area contributed by atoms with Gasteiger partial charge in [0.2, 0.25) is 5.82 Å².